The fourth-order valence-electron chi connectivity index (χ4n) is 2.67. The number of carbonyl (C=O) groups excluding carboxylic acids is 1. The Morgan fingerprint density at radius 1 is 1.30 bits per heavy atom. The highest BCUT2D eigenvalue weighted by Gasteiger charge is 2.26. The van der Waals surface area contributed by atoms with Crippen molar-refractivity contribution in [2.24, 2.45) is 0 Å². The van der Waals surface area contributed by atoms with Crippen LogP contribution in [0.4, 0.5) is 4.39 Å². The maximum absolute atomic E-state index is 12.8. The lowest BCUT2D eigenvalue weighted by Crippen LogP contribution is -2.36. The van der Waals surface area contributed by atoms with Crippen LogP contribution in [0.1, 0.15) is 36.0 Å². The number of carbonyl (C=O) groups is 1. The summed E-state index contributed by atoms with van der Waals surface area (Å²) in [4.78, 5) is 18.3. The van der Waals surface area contributed by atoms with Crippen molar-refractivity contribution in [3.8, 4) is 0 Å². The number of hydrogen-bond donors (Lipinski definition) is 0. The van der Waals surface area contributed by atoms with Crippen molar-refractivity contribution < 1.29 is 13.7 Å². The normalized spacial score (nSPS) is 16.2. The molecule has 1 fully saturated rings. The van der Waals surface area contributed by atoms with Gasteiger partial charge in [-0.15, -0.1) is 0 Å². The van der Waals surface area contributed by atoms with Crippen molar-refractivity contribution in [2.75, 3.05) is 13.1 Å². The van der Waals surface area contributed by atoms with Gasteiger partial charge in [0, 0.05) is 25.1 Å². The minimum absolute atomic E-state index is 0.0329. The molecule has 1 aliphatic rings. The van der Waals surface area contributed by atoms with Gasteiger partial charge in [-0.2, -0.15) is 4.98 Å². The molecule has 2 heterocycles. The molecule has 1 aromatic carbocycles. The van der Waals surface area contributed by atoms with Crippen molar-refractivity contribution in [1.29, 1.82) is 0 Å². The van der Waals surface area contributed by atoms with Crippen LogP contribution in [-0.4, -0.2) is 34.0 Å². The third-order valence-electron chi connectivity index (χ3n) is 3.99. The fourth-order valence-corrected chi connectivity index (χ4v) is 2.67. The number of hydrogen-bond acceptors (Lipinski definition) is 4. The minimum atomic E-state index is -0.285. The van der Waals surface area contributed by atoms with Gasteiger partial charge in [0.05, 0.1) is 0 Å². The number of likely N-dealkylation sites (tertiary alicyclic amines) is 1. The van der Waals surface area contributed by atoms with Gasteiger partial charge < -0.3 is 9.42 Å². The van der Waals surface area contributed by atoms with E-state index in [9.17, 15) is 9.18 Å². The van der Waals surface area contributed by atoms with E-state index in [4.69, 9.17) is 4.52 Å². The highest BCUT2D eigenvalue weighted by atomic mass is 19.1. The lowest BCUT2D eigenvalue weighted by molar-refractivity contribution is -0.127. The first-order valence-electron chi connectivity index (χ1n) is 7.64. The van der Waals surface area contributed by atoms with Gasteiger partial charge in [0.25, 0.3) is 0 Å². The molecule has 1 amide bonds. The zero-order valence-electron chi connectivity index (χ0n) is 12.9. The first kappa shape index (κ1) is 15.4. The van der Waals surface area contributed by atoms with E-state index in [1.807, 2.05) is 0 Å². The topological polar surface area (TPSA) is 59.2 Å². The van der Waals surface area contributed by atoms with Crippen LogP contribution in [0.25, 0.3) is 6.08 Å². The number of nitrogens with zero attached hydrogens (tertiary/aromatic N) is 3. The largest absolute Gasteiger partial charge is 0.339 e. The van der Waals surface area contributed by atoms with Gasteiger partial charge in [0.2, 0.25) is 11.8 Å². The monoisotopic (exact) mass is 315 g/mol. The molecule has 0 N–H and O–H groups in total. The average molecular weight is 315 g/mol. The number of aromatic nitrogens is 2. The van der Waals surface area contributed by atoms with E-state index in [1.54, 1.807) is 30.0 Å². The van der Waals surface area contributed by atoms with Gasteiger partial charge in [-0.05, 0) is 43.5 Å². The Balaban J connectivity index is 1.54. The Morgan fingerprint density at radius 2 is 2.00 bits per heavy atom. The van der Waals surface area contributed by atoms with Gasteiger partial charge in [-0.1, -0.05) is 17.3 Å². The zero-order valence-corrected chi connectivity index (χ0v) is 12.9. The highest BCUT2D eigenvalue weighted by molar-refractivity contribution is 5.91. The van der Waals surface area contributed by atoms with Crippen LogP contribution in [0.5, 0.6) is 0 Å². The molecular weight excluding hydrogens is 297 g/mol. The summed E-state index contributed by atoms with van der Waals surface area (Å²) in [5, 5.41) is 3.81. The molecule has 23 heavy (non-hydrogen) atoms. The van der Waals surface area contributed by atoms with Gasteiger partial charge in [-0.25, -0.2) is 4.39 Å². The fraction of sp³-hybridized carbons (Fsp3) is 0.353. The number of rotatable bonds is 3. The molecule has 5 nitrogen and oxygen atoms in total. The van der Waals surface area contributed by atoms with Gasteiger partial charge in [-0.3, -0.25) is 4.79 Å². The second kappa shape index (κ2) is 6.73. The summed E-state index contributed by atoms with van der Waals surface area (Å²) in [6.45, 7) is 3.13. The lowest BCUT2D eigenvalue weighted by Gasteiger charge is -2.29. The summed E-state index contributed by atoms with van der Waals surface area (Å²) >= 11 is 0. The summed E-state index contributed by atoms with van der Waals surface area (Å²) in [6, 6.07) is 6.04. The summed E-state index contributed by atoms with van der Waals surface area (Å²) in [7, 11) is 0. The van der Waals surface area contributed by atoms with E-state index in [0.29, 0.717) is 24.8 Å². The summed E-state index contributed by atoms with van der Waals surface area (Å²) in [5.41, 5.74) is 0.802. The van der Waals surface area contributed by atoms with Crippen LogP contribution < -0.4 is 0 Å². The Kier molecular flexibility index (Phi) is 4.50. The maximum atomic E-state index is 12.8. The van der Waals surface area contributed by atoms with E-state index in [-0.39, 0.29) is 17.6 Å². The van der Waals surface area contributed by atoms with Crippen molar-refractivity contribution in [1.82, 2.24) is 15.0 Å². The smallest absolute Gasteiger partial charge is 0.246 e. The molecule has 0 radical (unpaired) electrons. The number of aryl methyl sites for hydroxylation is 1. The Hall–Kier alpha value is -2.50. The van der Waals surface area contributed by atoms with Crippen molar-refractivity contribution in [3.05, 3.63) is 53.4 Å². The van der Waals surface area contributed by atoms with Gasteiger partial charge >= 0.3 is 0 Å². The molecule has 0 saturated carbocycles. The van der Waals surface area contributed by atoms with Crippen LogP contribution in [0.3, 0.4) is 0 Å². The number of halogens is 1. The van der Waals surface area contributed by atoms with Crippen LogP contribution in [0.2, 0.25) is 0 Å². The van der Waals surface area contributed by atoms with E-state index in [1.165, 1.54) is 18.2 Å². The molecule has 0 aliphatic carbocycles. The minimum Gasteiger partial charge on any atom is -0.339 e. The molecule has 2 aromatic rings. The second-order valence-electron chi connectivity index (χ2n) is 5.66. The molecular formula is C17H18FN3O2. The summed E-state index contributed by atoms with van der Waals surface area (Å²) < 4.78 is 18.0. The highest BCUT2D eigenvalue weighted by Crippen LogP contribution is 2.26. The zero-order chi connectivity index (χ0) is 16.2. The van der Waals surface area contributed by atoms with E-state index in [0.717, 1.165) is 18.4 Å². The van der Waals surface area contributed by atoms with Crippen LogP contribution in [0.15, 0.2) is 34.9 Å². The van der Waals surface area contributed by atoms with E-state index < -0.39 is 0 Å². The predicted octanol–water partition coefficient (Wildman–Crippen LogP) is 2.94. The van der Waals surface area contributed by atoms with Crippen LogP contribution in [0, 0.1) is 12.7 Å². The Labute approximate surface area is 133 Å². The summed E-state index contributed by atoms with van der Waals surface area (Å²) in [5.74, 6) is 1.21. The molecule has 120 valence electrons. The lowest BCUT2D eigenvalue weighted by atomic mass is 9.96. The van der Waals surface area contributed by atoms with Crippen molar-refractivity contribution in [3.63, 3.8) is 0 Å². The molecule has 3 rings (SSSR count). The Morgan fingerprint density at radius 3 is 2.61 bits per heavy atom. The third kappa shape index (κ3) is 3.83. The van der Waals surface area contributed by atoms with Gasteiger partial charge in [0.15, 0.2) is 5.82 Å². The molecule has 1 aromatic heterocycles. The number of piperidine rings is 1. The van der Waals surface area contributed by atoms with Gasteiger partial charge in [0.1, 0.15) is 5.82 Å². The molecule has 0 atom stereocenters. The molecule has 1 aliphatic heterocycles. The van der Waals surface area contributed by atoms with E-state index in [2.05, 4.69) is 10.1 Å². The Bertz CT molecular complexity index is 701. The standard InChI is InChI=1S/C17H18FN3O2/c1-12-19-17(23-20-12)14-8-10-21(11-9-14)16(22)7-4-13-2-5-15(18)6-3-13/h2-7,14H,8-11H2,1H3/b7-4-. The van der Waals surface area contributed by atoms with Crippen molar-refractivity contribution >= 4 is 12.0 Å². The third-order valence-corrected chi connectivity index (χ3v) is 3.99. The van der Waals surface area contributed by atoms with Crippen LogP contribution in [-0.2, 0) is 4.79 Å². The average Bonchev–Trinajstić information content (AvgIpc) is 3.01. The predicted molar refractivity (Wildman–Crippen MR) is 83.0 cm³/mol. The molecule has 0 unspecified atom stereocenters. The molecule has 1 saturated heterocycles. The quantitative estimate of drug-likeness (QED) is 0.817. The number of benzene rings is 1. The first-order valence-corrected chi connectivity index (χ1v) is 7.64. The summed E-state index contributed by atoms with van der Waals surface area (Å²) in [6.07, 6.45) is 4.87. The molecule has 0 bridgehead atoms. The number of amides is 1. The molecule has 0 spiro atoms. The van der Waals surface area contributed by atoms with E-state index >= 15 is 0 Å². The SMILES string of the molecule is Cc1noc(C2CCN(C(=O)/C=C\c3ccc(F)cc3)CC2)n1. The molecule has 6 heteroatoms. The van der Waals surface area contributed by atoms with Crippen LogP contribution >= 0.6 is 0 Å². The second-order valence-corrected chi connectivity index (χ2v) is 5.66. The maximum Gasteiger partial charge on any atom is 0.246 e. The van der Waals surface area contributed by atoms with Crippen molar-refractivity contribution in [2.45, 2.75) is 25.7 Å². The first-order chi connectivity index (χ1) is 11.1.